The third-order valence-corrected chi connectivity index (χ3v) is 4.03. The molecule has 0 atom stereocenters. The SMILES string of the molecule is CC(C)CCNC(=O)c1cc(C(=O)NCCCc2ccccc2)ccn1. The Bertz CT molecular complexity index is 714. The summed E-state index contributed by atoms with van der Waals surface area (Å²) in [4.78, 5) is 28.4. The minimum absolute atomic E-state index is 0.184. The number of nitrogens with one attached hydrogen (secondary N) is 2. The molecular formula is C21H27N3O2. The highest BCUT2D eigenvalue weighted by Crippen LogP contribution is 2.04. The minimum Gasteiger partial charge on any atom is -0.352 e. The van der Waals surface area contributed by atoms with Crippen LogP contribution in [0.25, 0.3) is 0 Å². The first-order valence-corrected chi connectivity index (χ1v) is 9.12. The van der Waals surface area contributed by atoms with Crippen molar-refractivity contribution in [2.75, 3.05) is 13.1 Å². The highest BCUT2D eigenvalue weighted by molar-refractivity contribution is 5.98. The van der Waals surface area contributed by atoms with Crippen LogP contribution >= 0.6 is 0 Å². The lowest BCUT2D eigenvalue weighted by atomic mass is 10.1. The second-order valence-electron chi connectivity index (χ2n) is 6.71. The van der Waals surface area contributed by atoms with Crippen LogP contribution in [0.15, 0.2) is 48.7 Å². The van der Waals surface area contributed by atoms with E-state index in [2.05, 4.69) is 41.6 Å². The number of hydrogen-bond donors (Lipinski definition) is 2. The molecule has 2 rings (SSSR count). The molecule has 2 amide bonds. The summed E-state index contributed by atoms with van der Waals surface area (Å²) in [6.45, 7) is 5.40. The van der Waals surface area contributed by atoms with Crippen LogP contribution in [-0.4, -0.2) is 29.9 Å². The van der Waals surface area contributed by atoms with Gasteiger partial charge in [-0.05, 0) is 42.9 Å². The lowest BCUT2D eigenvalue weighted by Crippen LogP contribution is -2.28. The largest absolute Gasteiger partial charge is 0.352 e. The van der Waals surface area contributed by atoms with Gasteiger partial charge in [0.15, 0.2) is 0 Å². The van der Waals surface area contributed by atoms with Gasteiger partial charge in [-0.1, -0.05) is 44.2 Å². The molecule has 138 valence electrons. The Morgan fingerprint density at radius 1 is 1.00 bits per heavy atom. The standard InChI is InChI=1S/C21H27N3O2/c1-16(2)10-13-24-21(26)19-15-18(11-14-22-19)20(25)23-12-6-9-17-7-4-3-5-8-17/h3-5,7-8,11,14-16H,6,9-10,12-13H2,1-2H3,(H,23,25)(H,24,26). The molecule has 1 aromatic carbocycles. The molecule has 5 nitrogen and oxygen atoms in total. The van der Waals surface area contributed by atoms with Crippen molar-refractivity contribution in [1.29, 1.82) is 0 Å². The van der Waals surface area contributed by atoms with E-state index in [-0.39, 0.29) is 17.5 Å². The van der Waals surface area contributed by atoms with Crippen LogP contribution in [0, 0.1) is 5.92 Å². The maximum atomic E-state index is 12.3. The summed E-state index contributed by atoms with van der Waals surface area (Å²) in [6, 6.07) is 13.3. The zero-order chi connectivity index (χ0) is 18.8. The predicted molar refractivity (Wildman–Crippen MR) is 103 cm³/mol. The van der Waals surface area contributed by atoms with E-state index in [0.717, 1.165) is 19.3 Å². The summed E-state index contributed by atoms with van der Waals surface area (Å²) >= 11 is 0. The van der Waals surface area contributed by atoms with Crippen LogP contribution in [0.1, 0.15) is 53.1 Å². The second kappa shape index (κ2) is 10.3. The van der Waals surface area contributed by atoms with Crippen LogP contribution in [-0.2, 0) is 6.42 Å². The summed E-state index contributed by atoms with van der Waals surface area (Å²) in [5.41, 5.74) is 1.98. The number of aryl methyl sites for hydroxylation is 1. The van der Waals surface area contributed by atoms with Crippen molar-refractivity contribution in [1.82, 2.24) is 15.6 Å². The number of nitrogens with zero attached hydrogens (tertiary/aromatic N) is 1. The first-order valence-electron chi connectivity index (χ1n) is 9.12. The summed E-state index contributed by atoms with van der Waals surface area (Å²) in [5.74, 6) is 0.0947. The van der Waals surface area contributed by atoms with Gasteiger partial charge < -0.3 is 10.6 Å². The maximum absolute atomic E-state index is 12.3. The van der Waals surface area contributed by atoms with Crippen molar-refractivity contribution in [2.45, 2.75) is 33.1 Å². The molecule has 0 unspecified atom stereocenters. The van der Waals surface area contributed by atoms with Crippen molar-refractivity contribution in [3.63, 3.8) is 0 Å². The zero-order valence-corrected chi connectivity index (χ0v) is 15.5. The highest BCUT2D eigenvalue weighted by atomic mass is 16.2. The number of aromatic nitrogens is 1. The van der Waals surface area contributed by atoms with Crippen LogP contribution in [0.3, 0.4) is 0 Å². The molecule has 2 aromatic rings. The van der Waals surface area contributed by atoms with Gasteiger partial charge in [0.25, 0.3) is 11.8 Å². The van der Waals surface area contributed by atoms with Gasteiger partial charge in [-0.3, -0.25) is 14.6 Å². The molecule has 1 heterocycles. The van der Waals surface area contributed by atoms with Crippen molar-refractivity contribution in [3.05, 3.63) is 65.5 Å². The molecule has 0 fully saturated rings. The van der Waals surface area contributed by atoms with E-state index in [0.29, 0.717) is 24.6 Å². The molecule has 0 aliphatic carbocycles. The van der Waals surface area contributed by atoms with Gasteiger partial charge in [0.05, 0.1) is 0 Å². The highest BCUT2D eigenvalue weighted by Gasteiger charge is 2.11. The third-order valence-electron chi connectivity index (χ3n) is 4.03. The Morgan fingerprint density at radius 3 is 2.46 bits per heavy atom. The third kappa shape index (κ3) is 6.67. The van der Waals surface area contributed by atoms with E-state index in [4.69, 9.17) is 0 Å². The average molecular weight is 353 g/mol. The molecule has 1 aromatic heterocycles. The fourth-order valence-electron chi connectivity index (χ4n) is 2.50. The summed E-state index contributed by atoms with van der Waals surface area (Å²) in [5, 5.41) is 5.73. The van der Waals surface area contributed by atoms with E-state index in [1.165, 1.54) is 17.8 Å². The van der Waals surface area contributed by atoms with Crippen LogP contribution in [0.5, 0.6) is 0 Å². The van der Waals surface area contributed by atoms with Gasteiger partial charge >= 0.3 is 0 Å². The van der Waals surface area contributed by atoms with Gasteiger partial charge in [-0.25, -0.2) is 0 Å². The molecule has 0 spiro atoms. The number of hydrogen-bond acceptors (Lipinski definition) is 3. The van der Waals surface area contributed by atoms with Gasteiger partial charge in [0.1, 0.15) is 5.69 Å². The molecule has 0 radical (unpaired) electrons. The Hall–Kier alpha value is -2.69. The number of rotatable bonds is 9. The fourth-order valence-corrected chi connectivity index (χ4v) is 2.50. The van der Waals surface area contributed by atoms with Gasteiger partial charge in [-0.2, -0.15) is 0 Å². The van der Waals surface area contributed by atoms with E-state index < -0.39 is 0 Å². The molecule has 0 aliphatic rings. The van der Waals surface area contributed by atoms with Crippen LogP contribution < -0.4 is 10.6 Å². The maximum Gasteiger partial charge on any atom is 0.269 e. The van der Waals surface area contributed by atoms with Crippen molar-refractivity contribution in [3.8, 4) is 0 Å². The topological polar surface area (TPSA) is 71.1 Å². The summed E-state index contributed by atoms with van der Waals surface area (Å²) < 4.78 is 0. The molecule has 0 saturated carbocycles. The zero-order valence-electron chi connectivity index (χ0n) is 15.5. The summed E-state index contributed by atoms with van der Waals surface area (Å²) in [6.07, 6.45) is 4.19. The molecule has 5 heteroatoms. The van der Waals surface area contributed by atoms with Crippen LogP contribution in [0.4, 0.5) is 0 Å². The molecule has 0 saturated heterocycles. The number of amides is 2. The first kappa shape index (κ1) is 19.6. The summed E-state index contributed by atoms with van der Waals surface area (Å²) in [7, 11) is 0. The Balaban J connectivity index is 1.80. The lowest BCUT2D eigenvalue weighted by molar-refractivity contribution is 0.0947. The predicted octanol–water partition coefficient (Wildman–Crippen LogP) is 3.22. The fraction of sp³-hybridized carbons (Fsp3) is 0.381. The van der Waals surface area contributed by atoms with E-state index >= 15 is 0 Å². The molecular weight excluding hydrogens is 326 g/mol. The molecule has 0 aliphatic heterocycles. The van der Waals surface area contributed by atoms with E-state index in [1.54, 1.807) is 6.07 Å². The molecule has 2 N–H and O–H groups in total. The van der Waals surface area contributed by atoms with Crippen molar-refractivity contribution < 1.29 is 9.59 Å². The Kier molecular flexibility index (Phi) is 7.80. The van der Waals surface area contributed by atoms with Gasteiger partial charge in [0.2, 0.25) is 0 Å². The second-order valence-corrected chi connectivity index (χ2v) is 6.71. The minimum atomic E-state index is -0.246. The van der Waals surface area contributed by atoms with E-state index in [1.807, 2.05) is 18.2 Å². The number of pyridine rings is 1. The van der Waals surface area contributed by atoms with Gasteiger partial charge in [0, 0.05) is 24.8 Å². The smallest absolute Gasteiger partial charge is 0.269 e. The normalized spacial score (nSPS) is 10.6. The monoisotopic (exact) mass is 353 g/mol. The Morgan fingerprint density at radius 2 is 1.73 bits per heavy atom. The number of carbonyl (C=O) groups is 2. The van der Waals surface area contributed by atoms with Gasteiger partial charge in [-0.15, -0.1) is 0 Å². The first-order chi connectivity index (χ1) is 12.6. The van der Waals surface area contributed by atoms with E-state index in [9.17, 15) is 9.59 Å². The molecule has 0 bridgehead atoms. The van der Waals surface area contributed by atoms with Crippen LogP contribution in [0.2, 0.25) is 0 Å². The lowest BCUT2D eigenvalue weighted by Gasteiger charge is -2.08. The number of carbonyl (C=O) groups excluding carboxylic acids is 2. The quantitative estimate of drug-likeness (QED) is 0.680. The number of benzene rings is 1. The average Bonchev–Trinajstić information content (AvgIpc) is 2.65. The van der Waals surface area contributed by atoms with Crippen molar-refractivity contribution >= 4 is 11.8 Å². The molecule has 26 heavy (non-hydrogen) atoms. The Labute approximate surface area is 155 Å². The van der Waals surface area contributed by atoms with Crippen molar-refractivity contribution in [2.24, 2.45) is 5.92 Å².